The van der Waals surface area contributed by atoms with Crippen molar-refractivity contribution in [1.29, 1.82) is 0 Å². The third kappa shape index (κ3) is 3.74. The van der Waals surface area contributed by atoms with Crippen LogP contribution in [0.25, 0.3) is 10.6 Å². The van der Waals surface area contributed by atoms with Gasteiger partial charge in [0.1, 0.15) is 6.54 Å². The van der Waals surface area contributed by atoms with Crippen molar-refractivity contribution in [3.8, 4) is 10.6 Å². The molecule has 0 spiro atoms. The number of carbonyl (C=O) groups excluding carboxylic acids is 2. The quantitative estimate of drug-likeness (QED) is 0.665. The lowest BCUT2D eigenvalue weighted by Gasteiger charge is -2.34. The molecule has 4 rings (SSSR count). The smallest absolute Gasteiger partial charge is 0.289 e. The van der Waals surface area contributed by atoms with Crippen LogP contribution in [0.3, 0.4) is 0 Å². The molecule has 0 aliphatic carbocycles. The summed E-state index contributed by atoms with van der Waals surface area (Å²) < 4.78 is 6.44. The van der Waals surface area contributed by atoms with Gasteiger partial charge in [-0.05, 0) is 23.6 Å². The third-order valence-electron chi connectivity index (χ3n) is 4.61. The molecule has 1 aliphatic heterocycles. The zero-order valence-electron chi connectivity index (χ0n) is 15.0. The molecule has 1 fully saturated rings. The first-order chi connectivity index (χ1) is 13.6. The second kappa shape index (κ2) is 7.81. The highest BCUT2D eigenvalue weighted by Crippen LogP contribution is 2.20. The average Bonchev–Trinajstić information content (AvgIpc) is 3.43. The molecule has 28 heavy (non-hydrogen) atoms. The zero-order chi connectivity index (χ0) is 19.5. The molecule has 0 saturated carbocycles. The number of piperazine rings is 1. The fraction of sp³-hybridized carbons (Fsp3) is 0.263. The van der Waals surface area contributed by atoms with Crippen LogP contribution in [-0.4, -0.2) is 57.3 Å². The molecule has 0 unspecified atom stereocenters. The number of hydrogen-bond donors (Lipinski definition) is 0. The molecule has 8 nitrogen and oxygen atoms in total. The van der Waals surface area contributed by atoms with Crippen LogP contribution in [0.15, 0.2) is 57.5 Å². The molecule has 144 valence electrons. The minimum atomic E-state index is -0.265. The number of amides is 2. The summed E-state index contributed by atoms with van der Waals surface area (Å²) in [5, 5.41) is 1.92. The van der Waals surface area contributed by atoms with E-state index in [1.807, 2.05) is 17.5 Å². The minimum Gasteiger partial charge on any atom is -0.459 e. The van der Waals surface area contributed by atoms with E-state index in [4.69, 9.17) is 4.42 Å². The van der Waals surface area contributed by atoms with Gasteiger partial charge in [-0.15, -0.1) is 11.3 Å². The van der Waals surface area contributed by atoms with Crippen LogP contribution in [0, 0.1) is 0 Å². The number of furan rings is 1. The van der Waals surface area contributed by atoms with Gasteiger partial charge in [-0.1, -0.05) is 6.07 Å². The average molecular weight is 398 g/mol. The highest BCUT2D eigenvalue weighted by molar-refractivity contribution is 7.13. The third-order valence-corrected chi connectivity index (χ3v) is 5.50. The Kier molecular flexibility index (Phi) is 5.07. The van der Waals surface area contributed by atoms with Gasteiger partial charge in [0.05, 0.1) is 23.2 Å². The van der Waals surface area contributed by atoms with Crippen LogP contribution >= 0.6 is 11.3 Å². The SMILES string of the molecule is O=C(Cn1cnc(-c2cccs2)cc1=O)N1CCN(C(=O)c2ccco2)CC1. The van der Waals surface area contributed by atoms with Gasteiger partial charge in [-0.3, -0.25) is 19.0 Å². The van der Waals surface area contributed by atoms with Crippen molar-refractivity contribution in [3.63, 3.8) is 0 Å². The molecule has 0 atom stereocenters. The first-order valence-electron chi connectivity index (χ1n) is 8.83. The van der Waals surface area contributed by atoms with Crippen molar-refractivity contribution >= 4 is 23.2 Å². The van der Waals surface area contributed by atoms with E-state index in [9.17, 15) is 14.4 Å². The lowest BCUT2D eigenvalue weighted by molar-refractivity contribution is -0.133. The summed E-state index contributed by atoms with van der Waals surface area (Å²) >= 11 is 1.50. The zero-order valence-corrected chi connectivity index (χ0v) is 15.8. The molecule has 3 aromatic rings. The van der Waals surface area contributed by atoms with E-state index in [1.165, 1.54) is 34.6 Å². The van der Waals surface area contributed by atoms with E-state index < -0.39 is 0 Å². The second-order valence-corrected chi connectivity index (χ2v) is 7.32. The number of aromatic nitrogens is 2. The van der Waals surface area contributed by atoms with Crippen LogP contribution in [0.2, 0.25) is 0 Å². The van der Waals surface area contributed by atoms with E-state index in [0.29, 0.717) is 37.6 Å². The van der Waals surface area contributed by atoms with Crippen molar-refractivity contribution in [3.05, 3.63) is 64.4 Å². The minimum absolute atomic E-state index is 0.0668. The fourth-order valence-corrected chi connectivity index (χ4v) is 3.76. The Morgan fingerprint density at radius 2 is 1.89 bits per heavy atom. The number of rotatable bonds is 4. The predicted molar refractivity (Wildman–Crippen MR) is 103 cm³/mol. The summed E-state index contributed by atoms with van der Waals surface area (Å²) in [5.74, 6) is -0.0530. The van der Waals surface area contributed by atoms with Gasteiger partial charge in [0.15, 0.2) is 5.76 Å². The first kappa shape index (κ1) is 18.2. The largest absolute Gasteiger partial charge is 0.459 e. The fourth-order valence-electron chi connectivity index (χ4n) is 3.06. The van der Waals surface area contributed by atoms with Gasteiger partial charge in [-0.2, -0.15) is 0 Å². The predicted octanol–water partition coefficient (Wildman–Crippen LogP) is 1.55. The van der Waals surface area contributed by atoms with Crippen LogP contribution in [-0.2, 0) is 11.3 Å². The molecular formula is C19H18N4O4S. The normalized spacial score (nSPS) is 14.3. The molecule has 1 saturated heterocycles. The summed E-state index contributed by atoms with van der Waals surface area (Å²) in [6, 6.07) is 8.53. The van der Waals surface area contributed by atoms with Gasteiger partial charge >= 0.3 is 0 Å². The molecular weight excluding hydrogens is 380 g/mol. The number of nitrogens with zero attached hydrogens (tertiary/aromatic N) is 4. The molecule has 9 heteroatoms. The molecule has 0 bridgehead atoms. The monoisotopic (exact) mass is 398 g/mol. The first-order valence-corrected chi connectivity index (χ1v) is 9.71. The maximum absolute atomic E-state index is 12.6. The van der Waals surface area contributed by atoms with Gasteiger partial charge in [0.2, 0.25) is 5.91 Å². The van der Waals surface area contributed by atoms with Gasteiger partial charge in [-0.25, -0.2) is 4.98 Å². The van der Waals surface area contributed by atoms with Crippen molar-refractivity contribution in [1.82, 2.24) is 19.4 Å². The summed E-state index contributed by atoms with van der Waals surface area (Å²) in [5.41, 5.74) is 0.340. The molecule has 0 aromatic carbocycles. The van der Waals surface area contributed by atoms with E-state index in [1.54, 1.807) is 21.9 Å². The second-order valence-electron chi connectivity index (χ2n) is 6.37. The lowest BCUT2D eigenvalue weighted by Crippen LogP contribution is -2.51. The standard InChI is InChI=1S/C19H18N4O4S/c24-17-11-14(16-4-2-10-28-16)20-13-23(17)12-18(25)21-5-7-22(8-6-21)19(26)15-3-1-9-27-15/h1-4,9-11,13H,5-8,12H2. The van der Waals surface area contributed by atoms with Gasteiger partial charge in [0.25, 0.3) is 11.5 Å². The van der Waals surface area contributed by atoms with Crippen molar-refractivity contribution < 1.29 is 14.0 Å². The Balaban J connectivity index is 1.36. The topological polar surface area (TPSA) is 88.7 Å². The molecule has 3 aromatic heterocycles. The Morgan fingerprint density at radius 3 is 2.54 bits per heavy atom. The van der Waals surface area contributed by atoms with Crippen LogP contribution < -0.4 is 5.56 Å². The Labute approximate surface area is 164 Å². The van der Waals surface area contributed by atoms with E-state index in [0.717, 1.165) is 4.88 Å². The van der Waals surface area contributed by atoms with Gasteiger partial charge in [0, 0.05) is 32.2 Å². The summed E-state index contributed by atoms with van der Waals surface area (Å²) in [6.45, 7) is 1.62. The van der Waals surface area contributed by atoms with E-state index in [-0.39, 0.29) is 23.9 Å². The number of carbonyl (C=O) groups is 2. The maximum Gasteiger partial charge on any atom is 0.289 e. The maximum atomic E-state index is 12.6. The van der Waals surface area contributed by atoms with E-state index >= 15 is 0 Å². The highest BCUT2D eigenvalue weighted by Gasteiger charge is 2.26. The summed E-state index contributed by atoms with van der Waals surface area (Å²) in [6.07, 6.45) is 2.87. The van der Waals surface area contributed by atoms with Crippen molar-refractivity contribution in [2.45, 2.75) is 6.54 Å². The van der Waals surface area contributed by atoms with Crippen LogP contribution in [0.4, 0.5) is 0 Å². The Hall–Kier alpha value is -3.20. The molecule has 2 amide bonds. The Bertz CT molecular complexity index is 1020. The highest BCUT2D eigenvalue weighted by atomic mass is 32.1. The molecule has 1 aliphatic rings. The molecule has 0 N–H and O–H groups in total. The van der Waals surface area contributed by atoms with E-state index in [2.05, 4.69) is 4.98 Å². The van der Waals surface area contributed by atoms with Crippen molar-refractivity contribution in [2.24, 2.45) is 0 Å². The van der Waals surface area contributed by atoms with Crippen LogP contribution in [0.5, 0.6) is 0 Å². The summed E-state index contributed by atoms with van der Waals surface area (Å²) in [7, 11) is 0. The molecule has 4 heterocycles. The van der Waals surface area contributed by atoms with Gasteiger partial charge < -0.3 is 14.2 Å². The number of thiophene rings is 1. The Morgan fingerprint density at radius 1 is 1.11 bits per heavy atom. The molecule has 0 radical (unpaired) electrons. The number of hydrogen-bond acceptors (Lipinski definition) is 6. The van der Waals surface area contributed by atoms with Crippen LogP contribution in [0.1, 0.15) is 10.6 Å². The van der Waals surface area contributed by atoms with Crippen molar-refractivity contribution in [2.75, 3.05) is 26.2 Å². The summed E-state index contributed by atoms with van der Waals surface area (Å²) in [4.78, 5) is 45.7. The lowest BCUT2D eigenvalue weighted by atomic mass is 10.2.